The number of benzene rings is 1. The van der Waals surface area contributed by atoms with Gasteiger partial charge in [-0.05, 0) is 43.1 Å². The van der Waals surface area contributed by atoms with E-state index in [2.05, 4.69) is 21.2 Å². The summed E-state index contributed by atoms with van der Waals surface area (Å²) in [6.07, 6.45) is 1.98. The molecule has 0 saturated carbocycles. The Bertz CT molecular complexity index is 456. The molecule has 1 aromatic carbocycles. The van der Waals surface area contributed by atoms with Gasteiger partial charge >= 0.3 is 5.97 Å². The molecule has 5 heteroatoms. The van der Waals surface area contributed by atoms with Crippen LogP contribution in [0.15, 0.2) is 22.7 Å². The number of carboxylic acid groups (broad SMARTS) is 1. The van der Waals surface area contributed by atoms with Crippen LogP contribution in [0, 0.1) is 0 Å². The van der Waals surface area contributed by atoms with E-state index in [-0.39, 0.29) is 0 Å². The quantitative estimate of drug-likeness (QED) is 0.894. The van der Waals surface area contributed by atoms with Gasteiger partial charge in [0.05, 0.1) is 7.11 Å². The summed E-state index contributed by atoms with van der Waals surface area (Å²) >= 11 is 3.41. The fraction of sp³-hybridized carbons (Fsp3) is 0.462. The topological polar surface area (TPSA) is 58.6 Å². The summed E-state index contributed by atoms with van der Waals surface area (Å²) in [5.41, 5.74) is 0.0531. The van der Waals surface area contributed by atoms with Gasteiger partial charge in [-0.1, -0.05) is 15.9 Å². The minimum Gasteiger partial charge on any atom is -0.496 e. The maximum Gasteiger partial charge on any atom is 0.324 e. The molecule has 0 aromatic heterocycles. The zero-order valence-electron chi connectivity index (χ0n) is 10.2. The first-order chi connectivity index (χ1) is 8.57. The Morgan fingerprint density at radius 2 is 2.39 bits per heavy atom. The average Bonchev–Trinajstić information content (AvgIpc) is 2.79. The van der Waals surface area contributed by atoms with Crippen molar-refractivity contribution in [3.05, 3.63) is 28.2 Å². The summed E-state index contributed by atoms with van der Waals surface area (Å²) in [5.74, 6) is -0.0606. The van der Waals surface area contributed by atoms with Crippen LogP contribution in [0.3, 0.4) is 0 Å². The van der Waals surface area contributed by atoms with Crippen molar-refractivity contribution in [3.63, 3.8) is 0 Å². The number of rotatable bonds is 4. The van der Waals surface area contributed by atoms with Gasteiger partial charge < -0.3 is 15.2 Å². The number of carboxylic acids is 1. The van der Waals surface area contributed by atoms with Crippen molar-refractivity contribution in [1.29, 1.82) is 0 Å². The highest BCUT2D eigenvalue weighted by Gasteiger charge is 2.41. The second-order valence-corrected chi connectivity index (χ2v) is 5.47. The van der Waals surface area contributed by atoms with Crippen LogP contribution in [0.1, 0.15) is 18.4 Å². The van der Waals surface area contributed by atoms with Crippen LogP contribution >= 0.6 is 15.9 Å². The fourth-order valence-corrected chi connectivity index (χ4v) is 2.83. The molecule has 1 aliphatic rings. The van der Waals surface area contributed by atoms with Crippen molar-refractivity contribution in [2.75, 3.05) is 13.7 Å². The smallest absolute Gasteiger partial charge is 0.324 e. The van der Waals surface area contributed by atoms with E-state index in [0.717, 1.165) is 28.8 Å². The van der Waals surface area contributed by atoms with Gasteiger partial charge in [-0.25, -0.2) is 0 Å². The van der Waals surface area contributed by atoms with Crippen molar-refractivity contribution in [1.82, 2.24) is 5.32 Å². The molecule has 4 nitrogen and oxygen atoms in total. The second kappa shape index (κ2) is 5.28. The molecule has 2 rings (SSSR count). The van der Waals surface area contributed by atoms with Gasteiger partial charge in [0.25, 0.3) is 0 Å². The molecule has 1 aliphatic heterocycles. The van der Waals surface area contributed by atoms with E-state index in [4.69, 9.17) is 4.74 Å². The number of ether oxygens (including phenoxy) is 1. The molecule has 0 radical (unpaired) electrons. The zero-order chi connectivity index (χ0) is 13.2. The fourth-order valence-electron chi connectivity index (χ4n) is 2.43. The predicted octanol–water partition coefficient (Wildman–Crippen LogP) is 2.21. The molecule has 1 unspecified atom stereocenters. The lowest BCUT2D eigenvalue weighted by atomic mass is 9.89. The molecule has 1 atom stereocenters. The molecular formula is C13H16BrNO3. The van der Waals surface area contributed by atoms with E-state index in [1.54, 1.807) is 7.11 Å². The normalized spacial score (nSPS) is 23.0. The number of hydrogen-bond donors (Lipinski definition) is 2. The summed E-state index contributed by atoms with van der Waals surface area (Å²) in [5, 5.41) is 12.6. The molecule has 1 heterocycles. The highest BCUT2D eigenvalue weighted by Crippen LogP contribution is 2.30. The highest BCUT2D eigenvalue weighted by atomic mass is 79.9. The molecular weight excluding hydrogens is 298 g/mol. The second-order valence-electron chi connectivity index (χ2n) is 4.55. The Morgan fingerprint density at radius 1 is 1.61 bits per heavy atom. The highest BCUT2D eigenvalue weighted by molar-refractivity contribution is 9.10. The standard InChI is InChI=1S/C13H16BrNO3/c1-18-11-4-3-10(14)7-9(11)8-13(12(16)17)5-2-6-15-13/h3-4,7,15H,2,5-6,8H2,1H3,(H,16,17). The van der Waals surface area contributed by atoms with Crippen LogP contribution in [0.4, 0.5) is 0 Å². The van der Waals surface area contributed by atoms with E-state index in [1.807, 2.05) is 18.2 Å². The Morgan fingerprint density at radius 3 is 2.94 bits per heavy atom. The van der Waals surface area contributed by atoms with E-state index in [0.29, 0.717) is 12.8 Å². The molecule has 0 amide bonds. The van der Waals surface area contributed by atoms with E-state index < -0.39 is 11.5 Å². The van der Waals surface area contributed by atoms with Gasteiger partial charge in [0.2, 0.25) is 0 Å². The lowest BCUT2D eigenvalue weighted by Crippen LogP contribution is -2.49. The Labute approximate surface area is 114 Å². The molecule has 1 fully saturated rings. The first kappa shape index (κ1) is 13.4. The van der Waals surface area contributed by atoms with Gasteiger partial charge in [0.15, 0.2) is 0 Å². The third kappa shape index (κ3) is 2.52. The summed E-state index contributed by atoms with van der Waals surface area (Å²) in [6, 6.07) is 5.66. The van der Waals surface area contributed by atoms with Gasteiger partial charge in [-0.15, -0.1) is 0 Å². The number of nitrogens with one attached hydrogen (secondary N) is 1. The van der Waals surface area contributed by atoms with E-state index in [9.17, 15) is 9.90 Å². The number of hydrogen-bond acceptors (Lipinski definition) is 3. The van der Waals surface area contributed by atoms with Crippen molar-refractivity contribution < 1.29 is 14.6 Å². The number of aliphatic carboxylic acids is 1. The lowest BCUT2D eigenvalue weighted by Gasteiger charge is -2.25. The Kier molecular flexibility index (Phi) is 3.92. The number of methoxy groups -OCH3 is 1. The summed E-state index contributed by atoms with van der Waals surface area (Å²) in [7, 11) is 1.60. The molecule has 1 aromatic rings. The molecule has 0 aliphatic carbocycles. The lowest BCUT2D eigenvalue weighted by molar-refractivity contribution is -0.144. The first-order valence-corrected chi connectivity index (χ1v) is 6.67. The van der Waals surface area contributed by atoms with Crippen LogP contribution in [0.5, 0.6) is 5.75 Å². The van der Waals surface area contributed by atoms with Crippen LogP contribution in [0.2, 0.25) is 0 Å². The third-order valence-corrected chi connectivity index (χ3v) is 3.88. The largest absolute Gasteiger partial charge is 0.496 e. The minimum atomic E-state index is -0.853. The van der Waals surface area contributed by atoms with Crippen LogP contribution in [0.25, 0.3) is 0 Å². The van der Waals surface area contributed by atoms with Crippen molar-refractivity contribution >= 4 is 21.9 Å². The predicted molar refractivity (Wildman–Crippen MR) is 72.0 cm³/mol. The van der Waals surface area contributed by atoms with Crippen LogP contribution in [-0.4, -0.2) is 30.3 Å². The van der Waals surface area contributed by atoms with Crippen molar-refractivity contribution in [2.45, 2.75) is 24.8 Å². The van der Waals surface area contributed by atoms with Crippen molar-refractivity contribution in [3.8, 4) is 5.75 Å². The average molecular weight is 314 g/mol. The van der Waals surface area contributed by atoms with Crippen molar-refractivity contribution in [2.24, 2.45) is 0 Å². The first-order valence-electron chi connectivity index (χ1n) is 5.88. The van der Waals surface area contributed by atoms with E-state index in [1.165, 1.54) is 0 Å². The monoisotopic (exact) mass is 313 g/mol. The number of carbonyl (C=O) groups is 1. The SMILES string of the molecule is COc1ccc(Br)cc1CC1(C(=O)O)CCCN1. The summed E-state index contributed by atoms with van der Waals surface area (Å²) in [4.78, 5) is 11.5. The number of halogens is 1. The molecule has 18 heavy (non-hydrogen) atoms. The third-order valence-electron chi connectivity index (χ3n) is 3.39. The van der Waals surface area contributed by atoms with Gasteiger partial charge in [0.1, 0.15) is 11.3 Å². The molecule has 0 spiro atoms. The molecule has 98 valence electrons. The van der Waals surface area contributed by atoms with Gasteiger partial charge in [0, 0.05) is 10.9 Å². The maximum absolute atomic E-state index is 11.5. The summed E-state index contributed by atoms with van der Waals surface area (Å²) in [6.45, 7) is 0.753. The Balaban J connectivity index is 2.32. The van der Waals surface area contributed by atoms with Crippen LogP contribution < -0.4 is 10.1 Å². The van der Waals surface area contributed by atoms with Gasteiger partial charge in [-0.2, -0.15) is 0 Å². The molecule has 1 saturated heterocycles. The minimum absolute atomic E-state index is 0.435. The summed E-state index contributed by atoms with van der Waals surface area (Å²) < 4.78 is 6.22. The van der Waals surface area contributed by atoms with Gasteiger partial charge in [-0.3, -0.25) is 4.79 Å². The molecule has 0 bridgehead atoms. The Hall–Kier alpha value is -1.07. The molecule has 2 N–H and O–H groups in total. The van der Waals surface area contributed by atoms with E-state index >= 15 is 0 Å². The maximum atomic E-state index is 11.5. The van der Waals surface area contributed by atoms with Crippen LogP contribution in [-0.2, 0) is 11.2 Å². The zero-order valence-corrected chi connectivity index (χ0v) is 11.8.